The number of ether oxygens (including phenoxy) is 2. The van der Waals surface area contributed by atoms with E-state index >= 15 is 0 Å². The van der Waals surface area contributed by atoms with Gasteiger partial charge in [-0.05, 0) is 18.9 Å². The Bertz CT molecular complexity index is 418. The van der Waals surface area contributed by atoms with Gasteiger partial charge in [0.25, 0.3) is 0 Å². The Morgan fingerprint density at radius 3 is 2.39 bits per heavy atom. The van der Waals surface area contributed by atoms with Gasteiger partial charge in [0.1, 0.15) is 0 Å². The summed E-state index contributed by atoms with van der Waals surface area (Å²) in [5.41, 5.74) is 2.20. The molecule has 1 aliphatic rings. The maximum absolute atomic E-state index is 11.9. The van der Waals surface area contributed by atoms with Crippen molar-refractivity contribution in [2.24, 2.45) is 5.92 Å². The standard InChI is InChI=1S/C15H20O3/c1-4-13(14(16)17-3)15(9-18-10-15)12-7-5-11(2)6-8-12/h5-8,13H,4,9-10H2,1-3H3. The number of benzene rings is 1. The molecule has 1 aromatic rings. The van der Waals surface area contributed by atoms with Gasteiger partial charge in [0.15, 0.2) is 0 Å². The predicted octanol–water partition coefficient (Wildman–Crippen LogP) is 2.46. The summed E-state index contributed by atoms with van der Waals surface area (Å²) in [6.45, 7) is 5.29. The molecule has 0 radical (unpaired) electrons. The van der Waals surface area contributed by atoms with Crippen molar-refractivity contribution in [3.63, 3.8) is 0 Å². The van der Waals surface area contributed by atoms with Crippen LogP contribution < -0.4 is 0 Å². The third-order valence-electron chi connectivity index (χ3n) is 3.91. The number of carbonyl (C=O) groups excluding carboxylic acids is 1. The van der Waals surface area contributed by atoms with Crippen molar-refractivity contribution in [1.29, 1.82) is 0 Å². The topological polar surface area (TPSA) is 35.5 Å². The van der Waals surface area contributed by atoms with Gasteiger partial charge in [0, 0.05) is 0 Å². The zero-order valence-electron chi connectivity index (χ0n) is 11.2. The summed E-state index contributed by atoms with van der Waals surface area (Å²) in [7, 11) is 1.45. The molecule has 0 amide bonds. The fourth-order valence-electron chi connectivity index (χ4n) is 2.70. The fourth-order valence-corrected chi connectivity index (χ4v) is 2.70. The van der Waals surface area contributed by atoms with Crippen LogP contribution in [-0.2, 0) is 19.7 Å². The molecule has 0 spiro atoms. The Morgan fingerprint density at radius 1 is 1.39 bits per heavy atom. The summed E-state index contributed by atoms with van der Waals surface area (Å²) in [5, 5.41) is 0. The minimum atomic E-state index is -0.199. The first-order chi connectivity index (χ1) is 8.64. The van der Waals surface area contributed by atoms with Gasteiger partial charge < -0.3 is 9.47 Å². The van der Waals surface area contributed by atoms with E-state index in [1.54, 1.807) is 0 Å². The van der Waals surface area contributed by atoms with E-state index in [9.17, 15) is 4.79 Å². The van der Waals surface area contributed by atoms with Crippen LogP contribution in [0.3, 0.4) is 0 Å². The molecule has 1 aliphatic heterocycles. The lowest BCUT2D eigenvalue weighted by atomic mass is 9.67. The highest BCUT2D eigenvalue weighted by atomic mass is 16.5. The minimum absolute atomic E-state index is 0.126. The molecule has 3 heteroatoms. The first-order valence-electron chi connectivity index (χ1n) is 6.37. The van der Waals surface area contributed by atoms with Crippen molar-refractivity contribution in [3.8, 4) is 0 Å². The zero-order valence-corrected chi connectivity index (χ0v) is 11.2. The summed E-state index contributed by atoms with van der Waals surface area (Å²) in [6.07, 6.45) is 0.768. The molecule has 1 atom stereocenters. The van der Waals surface area contributed by atoms with E-state index < -0.39 is 0 Å². The summed E-state index contributed by atoms with van der Waals surface area (Å²) >= 11 is 0. The molecule has 1 saturated heterocycles. The molecule has 98 valence electrons. The van der Waals surface area contributed by atoms with Crippen molar-refractivity contribution < 1.29 is 14.3 Å². The van der Waals surface area contributed by atoms with Crippen molar-refractivity contribution >= 4 is 5.97 Å². The first-order valence-corrected chi connectivity index (χ1v) is 6.37. The van der Waals surface area contributed by atoms with Crippen LogP contribution in [-0.4, -0.2) is 26.3 Å². The highest BCUT2D eigenvalue weighted by molar-refractivity contribution is 5.75. The van der Waals surface area contributed by atoms with Gasteiger partial charge in [-0.2, -0.15) is 0 Å². The van der Waals surface area contributed by atoms with E-state index in [0.717, 1.165) is 6.42 Å². The van der Waals surface area contributed by atoms with Crippen LogP contribution in [0.15, 0.2) is 24.3 Å². The van der Waals surface area contributed by atoms with Gasteiger partial charge >= 0.3 is 5.97 Å². The number of carbonyl (C=O) groups is 1. The second-order valence-electron chi connectivity index (χ2n) is 5.00. The summed E-state index contributed by atoms with van der Waals surface area (Å²) < 4.78 is 10.3. The molecule has 2 rings (SSSR count). The first kappa shape index (κ1) is 13.1. The van der Waals surface area contributed by atoms with Crippen LogP contribution in [0.4, 0.5) is 0 Å². The third-order valence-corrected chi connectivity index (χ3v) is 3.91. The van der Waals surface area contributed by atoms with Crippen LogP contribution in [0.25, 0.3) is 0 Å². The molecule has 1 unspecified atom stereocenters. The number of hydrogen-bond acceptors (Lipinski definition) is 3. The Balaban J connectivity index is 2.35. The van der Waals surface area contributed by atoms with Gasteiger partial charge in [0.2, 0.25) is 0 Å². The van der Waals surface area contributed by atoms with Gasteiger partial charge in [-0.25, -0.2) is 0 Å². The van der Waals surface area contributed by atoms with Crippen LogP contribution in [0, 0.1) is 12.8 Å². The lowest BCUT2D eigenvalue weighted by Gasteiger charge is -2.46. The van der Waals surface area contributed by atoms with Crippen molar-refractivity contribution in [1.82, 2.24) is 0 Å². The fraction of sp³-hybridized carbons (Fsp3) is 0.533. The molecule has 0 saturated carbocycles. The summed E-state index contributed by atoms with van der Waals surface area (Å²) in [6, 6.07) is 8.37. The molecule has 1 fully saturated rings. The van der Waals surface area contributed by atoms with Gasteiger partial charge in [-0.3, -0.25) is 4.79 Å². The van der Waals surface area contributed by atoms with Crippen LogP contribution in [0.5, 0.6) is 0 Å². The minimum Gasteiger partial charge on any atom is -0.469 e. The molecule has 0 aliphatic carbocycles. The predicted molar refractivity (Wildman–Crippen MR) is 69.5 cm³/mol. The third kappa shape index (κ3) is 2.03. The number of esters is 1. The Labute approximate surface area is 108 Å². The van der Waals surface area contributed by atoms with Crippen molar-refractivity contribution in [2.45, 2.75) is 25.7 Å². The Kier molecular flexibility index (Phi) is 3.71. The normalized spacial score (nSPS) is 18.8. The Morgan fingerprint density at radius 2 is 2.00 bits per heavy atom. The van der Waals surface area contributed by atoms with Gasteiger partial charge in [-0.1, -0.05) is 36.8 Å². The maximum atomic E-state index is 11.9. The average molecular weight is 248 g/mol. The van der Waals surface area contributed by atoms with Crippen LogP contribution in [0.1, 0.15) is 24.5 Å². The average Bonchev–Trinajstić information content (AvgIpc) is 2.34. The highest BCUT2D eigenvalue weighted by Gasteiger charge is 2.49. The highest BCUT2D eigenvalue weighted by Crippen LogP contribution is 2.41. The second-order valence-corrected chi connectivity index (χ2v) is 5.00. The molecule has 0 N–H and O–H groups in total. The van der Waals surface area contributed by atoms with Gasteiger partial charge in [-0.15, -0.1) is 0 Å². The number of methoxy groups -OCH3 is 1. The monoisotopic (exact) mass is 248 g/mol. The summed E-state index contributed by atoms with van der Waals surface area (Å²) in [5.74, 6) is -0.264. The summed E-state index contributed by atoms with van der Waals surface area (Å²) in [4.78, 5) is 11.9. The second kappa shape index (κ2) is 5.11. The largest absolute Gasteiger partial charge is 0.469 e. The molecule has 0 bridgehead atoms. The van der Waals surface area contributed by atoms with Crippen LogP contribution >= 0.6 is 0 Å². The van der Waals surface area contributed by atoms with E-state index in [4.69, 9.17) is 9.47 Å². The SMILES string of the molecule is CCC(C(=O)OC)C1(c2ccc(C)cc2)COC1. The van der Waals surface area contributed by atoms with E-state index in [-0.39, 0.29) is 17.3 Å². The zero-order chi connectivity index (χ0) is 13.2. The quantitative estimate of drug-likeness (QED) is 0.768. The van der Waals surface area contributed by atoms with Crippen molar-refractivity contribution in [3.05, 3.63) is 35.4 Å². The molecule has 18 heavy (non-hydrogen) atoms. The van der Waals surface area contributed by atoms with E-state index in [0.29, 0.717) is 13.2 Å². The molecule has 1 aromatic carbocycles. The van der Waals surface area contributed by atoms with E-state index in [1.165, 1.54) is 18.2 Å². The molecular weight excluding hydrogens is 228 g/mol. The van der Waals surface area contributed by atoms with E-state index in [2.05, 4.69) is 31.2 Å². The Hall–Kier alpha value is -1.35. The number of hydrogen-bond donors (Lipinski definition) is 0. The number of aryl methyl sites for hydroxylation is 1. The molecule has 0 aromatic heterocycles. The van der Waals surface area contributed by atoms with Crippen molar-refractivity contribution in [2.75, 3.05) is 20.3 Å². The molecule has 1 heterocycles. The van der Waals surface area contributed by atoms with Crippen LogP contribution in [0.2, 0.25) is 0 Å². The smallest absolute Gasteiger partial charge is 0.309 e. The van der Waals surface area contributed by atoms with E-state index in [1.807, 2.05) is 6.92 Å². The number of rotatable bonds is 4. The maximum Gasteiger partial charge on any atom is 0.309 e. The lowest BCUT2D eigenvalue weighted by molar-refractivity contribution is -0.160. The molecule has 3 nitrogen and oxygen atoms in total. The lowest BCUT2D eigenvalue weighted by Crippen LogP contribution is -2.54. The molecular formula is C15H20O3. The van der Waals surface area contributed by atoms with Gasteiger partial charge in [0.05, 0.1) is 31.7 Å².